The molecular formula is C11H24N2OS2. The molecule has 0 heterocycles. The van der Waals surface area contributed by atoms with Crippen LogP contribution in [0, 0.1) is 0 Å². The van der Waals surface area contributed by atoms with E-state index in [0.717, 1.165) is 25.1 Å². The van der Waals surface area contributed by atoms with Crippen LogP contribution in [0.25, 0.3) is 0 Å². The molecule has 0 saturated heterocycles. The Morgan fingerprint density at radius 2 is 1.88 bits per heavy atom. The monoisotopic (exact) mass is 264 g/mol. The Bertz CT molecular complexity index is 179. The van der Waals surface area contributed by atoms with Crippen LogP contribution in [0.1, 0.15) is 25.7 Å². The van der Waals surface area contributed by atoms with Crippen molar-refractivity contribution in [3.05, 3.63) is 0 Å². The molecule has 0 aliphatic carbocycles. The third kappa shape index (κ3) is 9.36. The zero-order valence-corrected chi connectivity index (χ0v) is 12.0. The molecule has 0 fully saturated rings. The third-order valence-electron chi connectivity index (χ3n) is 2.29. The molecule has 0 saturated carbocycles. The predicted molar refractivity (Wildman–Crippen MR) is 76.2 cm³/mol. The van der Waals surface area contributed by atoms with Crippen LogP contribution < -0.4 is 11.1 Å². The molecule has 0 aromatic rings. The minimum absolute atomic E-state index is 0.00100. The second kappa shape index (κ2) is 11.6. The highest BCUT2D eigenvalue weighted by molar-refractivity contribution is 7.98. The van der Waals surface area contributed by atoms with Crippen LogP contribution in [0.2, 0.25) is 0 Å². The number of hydrogen-bond acceptors (Lipinski definition) is 4. The van der Waals surface area contributed by atoms with Crippen LogP contribution in [-0.4, -0.2) is 42.5 Å². The van der Waals surface area contributed by atoms with Gasteiger partial charge in [0.1, 0.15) is 0 Å². The largest absolute Gasteiger partial charge is 0.355 e. The van der Waals surface area contributed by atoms with Gasteiger partial charge in [0.25, 0.3) is 0 Å². The fraction of sp³-hybridized carbons (Fsp3) is 0.909. The van der Waals surface area contributed by atoms with Crippen LogP contribution in [0.5, 0.6) is 0 Å². The molecule has 16 heavy (non-hydrogen) atoms. The summed E-state index contributed by atoms with van der Waals surface area (Å²) in [6.07, 6.45) is 8.38. The lowest BCUT2D eigenvalue weighted by molar-refractivity contribution is -0.122. The molecule has 0 spiro atoms. The summed E-state index contributed by atoms with van der Waals surface area (Å²) in [4.78, 5) is 11.5. The average molecular weight is 264 g/mol. The quantitative estimate of drug-likeness (QED) is 0.590. The summed E-state index contributed by atoms with van der Waals surface area (Å²) in [7, 11) is 0. The smallest absolute Gasteiger partial charge is 0.236 e. The van der Waals surface area contributed by atoms with Gasteiger partial charge in [0.15, 0.2) is 0 Å². The molecule has 5 heteroatoms. The van der Waals surface area contributed by atoms with Crippen LogP contribution in [0.4, 0.5) is 0 Å². The van der Waals surface area contributed by atoms with E-state index in [2.05, 4.69) is 11.6 Å². The Balaban J connectivity index is 3.35. The first-order valence-corrected chi connectivity index (χ1v) is 8.52. The lowest BCUT2D eigenvalue weighted by Gasteiger charge is -2.11. The molecule has 3 N–H and O–H groups in total. The van der Waals surface area contributed by atoms with Crippen molar-refractivity contribution >= 4 is 29.4 Å². The number of unbranched alkanes of at least 4 members (excludes halogenated alkanes) is 2. The van der Waals surface area contributed by atoms with E-state index in [9.17, 15) is 4.79 Å². The lowest BCUT2D eigenvalue weighted by Crippen LogP contribution is -2.41. The zero-order valence-electron chi connectivity index (χ0n) is 10.3. The fourth-order valence-electron chi connectivity index (χ4n) is 1.27. The molecule has 1 atom stereocenters. The molecule has 0 rings (SSSR count). The molecule has 0 aliphatic rings. The third-order valence-corrected chi connectivity index (χ3v) is 3.64. The van der Waals surface area contributed by atoms with E-state index in [1.807, 2.05) is 18.0 Å². The number of nitrogens with two attached hydrogens (primary N) is 1. The van der Waals surface area contributed by atoms with Gasteiger partial charge in [0.2, 0.25) is 5.91 Å². The van der Waals surface area contributed by atoms with Crippen molar-refractivity contribution in [1.82, 2.24) is 5.32 Å². The van der Waals surface area contributed by atoms with Gasteiger partial charge in [-0.25, -0.2) is 0 Å². The van der Waals surface area contributed by atoms with Gasteiger partial charge in [-0.3, -0.25) is 4.79 Å². The normalized spacial score (nSPS) is 12.4. The highest BCUT2D eigenvalue weighted by Gasteiger charge is 2.11. The summed E-state index contributed by atoms with van der Waals surface area (Å²) in [6.45, 7) is 0.764. The van der Waals surface area contributed by atoms with Crippen molar-refractivity contribution < 1.29 is 4.79 Å². The molecular weight excluding hydrogens is 240 g/mol. The van der Waals surface area contributed by atoms with E-state index < -0.39 is 0 Å². The van der Waals surface area contributed by atoms with Gasteiger partial charge < -0.3 is 11.1 Å². The zero-order chi connectivity index (χ0) is 12.2. The highest BCUT2D eigenvalue weighted by Crippen LogP contribution is 2.02. The summed E-state index contributed by atoms with van der Waals surface area (Å²) in [5, 5.41) is 2.89. The average Bonchev–Trinajstić information content (AvgIpc) is 2.30. The van der Waals surface area contributed by atoms with Crippen molar-refractivity contribution in [3.8, 4) is 0 Å². The maximum absolute atomic E-state index is 11.5. The lowest BCUT2D eigenvalue weighted by atomic mass is 10.2. The van der Waals surface area contributed by atoms with E-state index >= 15 is 0 Å². The van der Waals surface area contributed by atoms with Gasteiger partial charge in [-0.15, -0.1) is 0 Å². The molecule has 3 nitrogen and oxygen atoms in total. The van der Waals surface area contributed by atoms with Gasteiger partial charge >= 0.3 is 0 Å². The molecule has 0 radical (unpaired) electrons. The first-order chi connectivity index (χ1) is 7.72. The van der Waals surface area contributed by atoms with Gasteiger partial charge in [-0.05, 0) is 43.3 Å². The van der Waals surface area contributed by atoms with Crippen molar-refractivity contribution in [2.45, 2.75) is 31.7 Å². The summed E-state index contributed by atoms with van der Waals surface area (Å²) < 4.78 is 0. The molecule has 0 unspecified atom stereocenters. The number of nitrogens with one attached hydrogen (secondary N) is 1. The number of rotatable bonds is 10. The van der Waals surface area contributed by atoms with E-state index in [4.69, 9.17) is 5.73 Å². The van der Waals surface area contributed by atoms with Crippen LogP contribution in [0.15, 0.2) is 0 Å². The number of carbonyl (C=O) groups is 1. The molecule has 96 valence electrons. The van der Waals surface area contributed by atoms with E-state index in [1.54, 1.807) is 11.8 Å². The second-order valence-corrected chi connectivity index (χ2v) is 5.70. The Morgan fingerprint density at radius 3 is 2.50 bits per heavy atom. The number of carbonyl (C=O) groups excluding carboxylic acids is 1. The van der Waals surface area contributed by atoms with Gasteiger partial charge in [0, 0.05) is 6.54 Å². The molecule has 0 aromatic heterocycles. The van der Waals surface area contributed by atoms with E-state index in [1.165, 1.54) is 18.6 Å². The Morgan fingerprint density at radius 1 is 1.19 bits per heavy atom. The van der Waals surface area contributed by atoms with Gasteiger partial charge in [0.05, 0.1) is 6.04 Å². The van der Waals surface area contributed by atoms with Crippen molar-refractivity contribution in [1.29, 1.82) is 0 Å². The van der Waals surface area contributed by atoms with E-state index in [-0.39, 0.29) is 11.9 Å². The summed E-state index contributed by atoms with van der Waals surface area (Å²) in [5.74, 6) is 2.16. The summed E-state index contributed by atoms with van der Waals surface area (Å²) in [6, 6.07) is -0.335. The highest BCUT2D eigenvalue weighted by atomic mass is 32.2. The van der Waals surface area contributed by atoms with Gasteiger partial charge in [-0.2, -0.15) is 23.5 Å². The molecule has 0 aliphatic heterocycles. The molecule has 0 bridgehead atoms. The second-order valence-electron chi connectivity index (χ2n) is 3.73. The Hall–Kier alpha value is 0.130. The number of hydrogen-bond donors (Lipinski definition) is 2. The standard InChI is InChI=1S/C11H24N2OS2/c1-15-8-5-3-4-7-13-11(14)10(12)6-9-16-2/h10H,3-9,12H2,1-2H3,(H,13,14)/t10-/m1/s1. The van der Waals surface area contributed by atoms with Crippen LogP contribution in [0.3, 0.4) is 0 Å². The molecule has 1 amide bonds. The van der Waals surface area contributed by atoms with Gasteiger partial charge in [-0.1, -0.05) is 6.42 Å². The number of amides is 1. The summed E-state index contributed by atoms with van der Waals surface area (Å²) in [5.41, 5.74) is 5.74. The SMILES string of the molecule is CSCCCCCNC(=O)[C@H](N)CCSC. The predicted octanol–water partition coefficient (Wildman–Crippen LogP) is 1.72. The van der Waals surface area contributed by atoms with Crippen molar-refractivity contribution in [3.63, 3.8) is 0 Å². The minimum atomic E-state index is -0.335. The topological polar surface area (TPSA) is 55.1 Å². The number of thioether (sulfide) groups is 2. The van der Waals surface area contributed by atoms with Crippen molar-refractivity contribution in [2.75, 3.05) is 30.6 Å². The molecule has 0 aromatic carbocycles. The van der Waals surface area contributed by atoms with Crippen molar-refractivity contribution in [2.24, 2.45) is 5.73 Å². The fourth-order valence-corrected chi connectivity index (χ4v) is 2.25. The maximum atomic E-state index is 11.5. The first-order valence-electron chi connectivity index (χ1n) is 5.73. The van der Waals surface area contributed by atoms with Crippen LogP contribution in [-0.2, 0) is 4.79 Å². The maximum Gasteiger partial charge on any atom is 0.236 e. The Labute approximate surface area is 108 Å². The van der Waals surface area contributed by atoms with E-state index in [0.29, 0.717) is 0 Å². The summed E-state index contributed by atoms with van der Waals surface area (Å²) >= 11 is 3.59. The Kier molecular flexibility index (Phi) is 11.7. The van der Waals surface area contributed by atoms with Crippen LogP contribution >= 0.6 is 23.5 Å². The first kappa shape index (κ1) is 16.1. The minimum Gasteiger partial charge on any atom is -0.355 e.